The maximum absolute atomic E-state index is 12.3. The van der Waals surface area contributed by atoms with Crippen LogP contribution >= 0.6 is 11.8 Å². The normalized spacial score (nSPS) is 17.0. The lowest BCUT2D eigenvalue weighted by atomic mass is 10.2. The molecule has 0 atom stereocenters. The van der Waals surface area contributed by atoms with Crippen molar-refractivity contribution in [2.24, 2.45) is 15.2 Å². The van der Waals surface area contributed by atoms with Crippen LogP contribution in [0.3, 0.4) is 0 Å². The first kappa shape index (κ1) is 13.7. The lowest BCUT2D eigenvalue weighted by Crippen LogP contribution is -2.30. The summed E-state index contributed by atoms with van der Waals surface area (Å²) in [5.74, 6) is -0.363. The zero-order valence-corrected chi connectivity index (χ0v) is 12.0. The molecule has 2 amide bonds. The Morgan fingerprint density at radius 1 is 1.33 bits per heavy atom. The third-order valence-corrected chi connectivity index (χ3v) is 4.04. The van der Waals surface area contributed by atoms with Gasteiger partial charge in [-0.15, -0.1) is 10.2 Å². The summed E-state index contributed by atoms with van der Waals surface area (Å²) in [5.41, 5.74) is 2.15. The summed E-state index contributed by atoms with van der Waals surface area (Å²) in [6, 6.07) is 7.86. The molecular formula is C14H12N4O2S. The van der Waals surface area contributed by atoms with Crippen molar-refractivity contribution >= 4 is 34.4 Å². The van der Waals surface area contributed by atoms with E-state index in [1.807, 2.05) is 24.3 Å². The molecule has 21 heavy (non-hydrogen) atoms. The minimum absolute atomic E-state index is 0.0131. The van der Waals surface area contributed by atoms with E-state index in [9.17, 15) is 9.59 Å². The highest BCUT2D eigenvalue weighted by Gasteiger charge is 2.24. The van der Waals surface area contributed by atoms with Crippen LogP contribution in [-0.4, -0.2) is 29.3 Å². The van der Waals surface area contributed by atoms with E-state index in [1.165, 1.54) is 5.56 Å². The van der Waals surface area contributed by atoms with Crippen molar-refractivity contribution in [2.45, 2.75) is 6.42 Å². The summed E-state index contributed by atoms with van der Waals surface area (Å²) in [5, 5.41) is 7.56. The van der Waals surface area contributed by atoms with Crippen LogP contribution in [0.5, 0.6) is 0 Å². The molecular weight excluding hydrogens is 288 g/mol. The molecule has 0 saturated heterocycles. The molecule has 2 aliphatic heterocycles. The smallest absolute Gasteiger partial charge is 0.299 e. The SMILES string of the molecule is C=C1N=NC(SCC(=O)N2CCc3ccccc32)=NC1=O. The maximum atomic E-state index is 12.3. The van der Waals surface area contributed by atoms with Gasteiger partial charge >= 0.3 is 0 Å². The minimum atomic E-state index is -0.508. The van der Waals surface area contributed by atoms with E-state index in [0.29, 0.717) is 6.54 Å². The quantitative estimate of drug-likeness (QED) is 0.786. The molecule has 0 aromatic heterocycles. The Morgan fingerprint density at radius 2 is 2.14 bits per heavy atom. The number of amidine groups is 1. The van der Waals surface area contributed by atoms with Crippen LogP contribution in [0.25, 0.3) is 0 Å². The molecule has 0 aliphatic carbocycles. The number of carbonyl (C=O) groups is 2. The van der Waals surface area contributed by atoms with Gasteiger partial charge in [0.25, 0.3) is 5.91 Å². The van der Waals surface area contributed by atoms with Gasteiger partial charge in [0.1, 0.15) is 5.70 Å². The number of nitrogens with zero attached hydrogens (tertiary/aromatic N) is 4. The van der Waals surface area contributed by atoms with Crippen LogP contribution < -0.4 is 4.90 Å². The average Bonchev–Trinajstić information content (AvgIpc) is 2.92. The van der Waals surface area contributed by atoms with E-state index in [0.717, 1.165) is 23.9 Å². The number of hydrogen-bond acceptors (Lipinski definition) is 5. The number of amides is 2. The number of carbonyl (C=O) groups excluding carboxylic acids is 2. The summed E-state index contributed by atoms with van der Waals surface area (Å²) in [6.45, 7) is 4.09. The molecule has 2 aliphatic rings. The second-order valence-electron chi connectivity index (χ2n) is 4.56. The first-order valence-corrected chi connectivity index (χ1v) is 7.38. The molecule has 2 heterocycles. The van der Waals surface area contributed by atoms with Gasteiger partial charge in [0.15, 0.2) is 0 Å². The number of rotatable bonds is 2. The van der Waals surface area contributed by atoms with Gasteiger partial charge in [0.2, 0.25) is 11.1 Å². The fourth-order valence-electron chi connectivity index (χ4n) is 2.18. The van der Waals surface area contributed by atoms with Gasteiger partial charge in [-0.05, 0) is 18.1 Å². The predicted molar refractivity (Wildman–Crippen MR) is 81.4 cm³/mol. The Bertz CT molecular complexity index is 696. The number of para-hydroxylation sites is 1. The van der Waals surface area contributed by atoms with E-state index in [-0.39, 0.29) is 22.5 Å². The summed E-state index contributed by atoms with van der Waals surface area (Å²) in [7, 11) is 0. The van der Waals surface area contributed by atoms with Crippen molar-refractivity contribution in [3.63, 3.8) is 0 Å². The summed E-state index contributed by atoms with van der Waals surface area (Å²) >= 11 is 1.11. The van der Waals surface area contributed by atoms with Crippen molar-refractivity contribution in [2.75, 3.05) is 17.2 Å². The third kappa shape index (κ3) is 2.78. The first-order chi connectivity index (χ1) is 10.1. The Morgan fingerprint density at radius 3 is 2.95 bits per heavy atom. The van der Waals surface area contributed by atoms with Crippen molar-refractivity contribution in [1.29, 1.82) is 0 Å². The maximum Gasteiger partial charge on any atom is 0.299 e. The van der Waals surface area contributed by atoms with E-state index < -0.39 is 5.91 Å². The Labute approximate surface area is 125 Å². The van der Waals surface area contributed by atoms with Crippen molar-refractivity contribution in [1.82, 2.24) is 0 Å². The van der Waals surface area contributed by atoms with Gasteiger partial charge in [0, 0.05) is 12.2 Å². The molecule has 0 radical (unpaired) electrons. The van der Waals surface area contributed by atoms with Gasteiger partial charge in [-0.25, -0.2) is 0 Å². The molecule has 0 fully saturated rings. The summed E-state index contributed by atoms with van der Waals surface area (Å²) in [4.78, 5) is 29.1. The minimum Gasteiger partial charge on any atom is -0.311 e. The number of thioether (sulfide) groups is 1. The molecule has 0 spiro atoms. The molecule has 1 aromatic carbocycles. The van der Waals surface area contributed by atoms with Gasteiger partial charge in [-0.3, -0.25) is 9.59 Å². The van der Waals surface area contributed by atoms with Crippen molar-refractivity contribution in [3.8, 4) is 0 Å². The molecule has 0 N–H and O–H groups in total. The van der Waals surface area contributed by atoms with Crippen LogP contribution in [0.4, 0.5) is 5.69 Å². The lowest BCUT2D eigenvalue weighted by molar-refractivity contribution is -0.116. The third-order valence-electron chi connectivity index (χ3n) is 3.21. The summed E-state index contributed by atoms with van der Waals surface area (Å²) in [6.07, 6.45) is 0.867. The molecule has 7 heteroatoms. The van der Waals surface area contributed by atoms with Crippen molar-refractivity contribution < 1.29 is 9.59 Å². The second-order valence-corrected chi connectivity index (χ2v) is 5.50. The summed E-state index contributed by atoms with van der Waals surface area (Å²) < 4.78 is 0. The highest BCUT2D eigenvalue weighted by Crippen LogP contribution is 2.28. The molecule has 6 nitrogen and oxygen atoms in total. The molecule has 0 bridgehead atoms. The molecule has 1 aromatic rings. The average molecular weight is 300 g/mol. The van der Waals surface area contributed by atoms with Gasteiger partial charge in [-0.1, -0.05) is 36.5 Å². The monoisotopic (exact) mass is 300 g/mol. The lowest BCUT2D eigenvalue weighted by Gasteiger charge is -2.16. The zero-order chi connectivity index (χ0) is 14.8. The van der Waals surface area contributed by atoms with Crippen LogP contribution in [0.1, 0.15) is 5.56 Å². The number of benzene rings is 1. The fraction of sp³-hybridized carbons (Fsp3) is 0.214. The van der Waals surface area contributed by atoms with Gasteiger partial charge < -0.3 is 4.90 Å². The number of fused-ring (bicyclic) bond motifs is 1. The number of anilines is 1. The Hall–Kier alpha value is -2.28. The Kier molecular flexibility index (Phi) is 3.66. The molecule has 0 unspecified atom stereocenters. The van der Waals surface area contributed by atoms with Crippen LogP contribution in [0, 0.1) is 0 Å². The first-order valence-electron chi connectivity index (χ1n) is 6.40. The highest BCUT2D eigenvalue weighted by atomic mass is 32.2. The standard InChI is InChI=1S/C14H12N4O2S/c1-9-13(20)15-14(17-16-9)21-8-12(19)18-7-6-10-4-2-3-5-11(10)18/h2-5H,1,6-8H2. The number of aliphatic imine (C=N–C) groups is 1. The van der Waals surface area contributed by atoms with E-state index >= 15 is 0 Å². The van der Waals surface area contributed by atoms with Gasteiger partial charge in [0.05, 0.1) is 5.75 Å². The molecule has 0 saturated carbocycles. The van der Waals surface area contributed by atoms with E-state index in [1.54, 1.807) is 4.90 Å². The van der Waals surface area contributed by atoms with Crippen LogP contribution in [0.15, 0.2) is 51.8 Å². The predicted octanol–water partition coefficient (Wildman–Crippen LogP) is 2.17. The van der Waals surface area contributed by atoms with E-state index in [4.69, 9.17) is 0 Å². The fourth-order valence-corrected chi connectivity index (χ4v) is 2.84. The Balaban J connectivity index is 1.64. The topological polar surface area (TPSA) is 74.5 Å². The largest absolute Gasteiger partial charge is 0.311 e. The molecule has 106 valence electrons. The second kappa shape index (κ2) is 5.61. The van der Waals surface area contributed by atoms with Crippen LogP contribution in [0.2, 0.25) is 0 Å². The molecule has 3 rings (SSSR count). The number of hydrogen-bond donors (Lipinski definition) is 0. The van der Waals surface area contributed by atoms with Crippen molar-refractivity contribution in [3.05, 3.63) is 42.1 Å². The van der Waals surface area contributed by atoms with Gasteiger partial charge in [-0.2, -0.15) is 4.99 Å². The number of azo groups is 1. The van der Waals surface area contributed by atoms with Crippen LogP contribution in [-0.2, 0) is 16.0 Å². The zero-order valence-electron chi connectivity index (χ0n) is 11.2. The highest BCUT2D eigenvalue weighted by molar-refractivity contribution is 8.14. The van der Waals surface area contributed by atoms with E-state index in [2.05, 4.69) is 21.8 Å².